The number of hydrogen-bond acceptors (Lipinski definition) is 4. The first-order valence-electron chi connectivity index (χ1n) is 8.53. The highest BCUT2D eigenvalue weighted by Gasteiger charge is 2.36. The van der Waals surface area contributed by atoms with Gasteiger partial charge in [-0.1, -0.05) is 50.1 Å². The lowest BCUT2D eigenvalue weighted by Crippen LogP contribution is -2.38. The molecule has 1 aliphatic rings. The number of aryl methyl sites for hydroxylation is 1. The number of benzene rings is 1. The number of aliphatic hydroxyl groups is 1. The molecular weight excluding hydrogens is 324 g/mol. The van der Waals surface area contributed by atoms with Crippen molar-refractivity contribution in [2.24, 2.45) is 11.3 Å². The third-order valence-electron chi connectivity index (χ3n) is 4.78. The van der Waals surface area contributed by atoms with Crippen molar-refractivity contribution in [1.82, 2.24) is 0 Å². The molecule has 0 spiro atoms. The lowest BCUT2D eigenvalue weighted by Gasteiger charge is -2.39. The van der Waals surface area contributed by atoms with Gasteiger partial charge >= 0.3 is 0 Å². The fourth-order valence-electron chi connectivity index (χ4n) is 3.15. The van der Waals surface area contributed by atoms with Crippen LogP contribution in [-0.4, -0.2) is 26.2 Å². The summed E-state index contributed by atoms with van der Waals surface area (Å²) in [5.41, 5.74) is 0.948. The highest BCUT2D eigenvalue weighted by atomic mass is 32.2. The second-order valence-corrected chi connectivity index (χ2v) is 8.91. The molecule has 0 aliphatic heterocycles. The quantitative estimate of drug-likeness (QED) is 0.480. The van der Waals surface area contributed by atoms with Crippen molar-refractivity contribution in [3.05, 3.63) is 42.0 Å². The number of hydrogen-bond donors (Lipinski definition) is 1. The van der Waals surface area contributed by atoms with Gasteiger partial charge in [0.25, 0.3) is 10.1 Å². The van der Waals surface area contributed by atoms with Gasteiger partial charge in [-0.15, -0.1) is 0 Å². The molecule has 1 aromatic carbocycles. The fraction of sp³-hybridized carbons (Fsp3) is 0.579. The Morgan fingerprint density at radius 1 is 1.29 bits per heavy atom. The Morgan fingerprint density at radius 2 is 1.96 bits per heavy atom. The van der Waals surface area contributed by atoms with Gasteiger partial charge in [-0.05, 0) is 43.7 Å². The summed E-state index contributed by atoms with van der Waals surface area (Å²) in [7, 11) is -3.69. The molecule has 4 nitrogen and oxygen atoms in total. The van der Waals surface area contributed by atoms with Gasteiger partial charge < -0.3 is 5.11 Å². The first-order chi connectivity index (χ1) is 11.2. The maximum absolute atomic E-state index is 12.1. The molecule has 2 atom stereocenters. The zero-order chi connectivity index (χ0) is 17.8. The Balaban J connectivity index is 1.83. The lowest BCUT2D eigenvalue weighted by molar-refractivity contribution is -0.0156. The van der Waals surface area contributed by atoms with Crippen LogP contribution in [0.4, 0.5) is 0 Å². The first kappa shape index (κ1) is 19.2. The van der Waals surface area contributed by atoms with E-state index in [0.717, 1.165) is 24.8 Å². The van der Waals surface area contributed by atoms with E-state index in [0.29, 0.717) is 6.42 Å². The molecule has 0 bridgehead atoms. The van der Waals surface area contributed by atoms with E-state index in [1.54, 1.807) is 24.3 Å². The van der Waals surface area contributed by atoms with Gasteiger partial charge in [-0.3, -0.25) is 4.18 Å². The Kier molecular flexibility index (Phi) is 6.23. The van der Waals surface area contributed by atoms with E-state index in [2.05, 4.69) is 13.8 Å². The summed E-state index contributed by atoms with van der Waals surface area (Å²) in [5.74, 6) is 0.141. The molecule has 1 aliphatic carbocycles. The smallest absolute Gasteiger partial charge is 0.296 e. The van der Waals surface area contributed by atoms with Gasteiger partial charge in [-0.25, -0.2) is 0 Å². The van der Waals surface area contributed by atoms with Gasteiger partial charge in [-0.2, -0.15) is 8.42 Å². The Hall–Kier alpha value is -1.17. The van der Waals surface area contributed by atoms with Crippen molar-refractivity contribution in [2.45, 2.75) is 57.5 Å². The van der Waals surface area contributed by atoms with E-state index in [1.807, 2.05) is 19.1 Å². The third kappa shape index (κ3) is 4.91. The van der Waals surface area contributed by atoms with Gasteiger partial charge in [0.05, 0.1) is 17.6 Å². The minimum atomic E-state index is -3.69. The molecule has 24 heavy (non-hydrogen) atoms. The minimum absolute atomic E-state index is 0.0570. The maximum Gasteiger partial charge on any atom is 0.296 e. The molecule has 5 heteroatoms. The summed E-state index contributed by atoms with van der Waals surface area (Å²) in [5, 5.41) is 10.4. The number of aliphatic hydroxyl groups excluding tert-OH is 1. The van der Waals surface area contributed by atoms with Gasteiger partial charge in [0.1, 0.15) is 0 Å². The predicted octanol–water partition coefficient (Wildman–Crippen LogP) is 3.83. The van der Waals surface area contributed by atoms with E-state index in [4.69, 9.17) is 4.18 Å². The SMILES string of the molecule is Cc1ccc(S(=O)(=O)OCC/C=C/[C@@H]2CCCC(C)(C)[C@H]2O)cc1. The molecule has 0 heterocycles. The Morgan fingerprint density at radius 3 is 2.62 bits per heavy atom. The minimum Gasteiger partial charge on any atom is -0.392 e. The standard InChI is InChI=1S/C19H28O4S/c1-15-9-11-17(12-10-15)24(21,22)23-14-5-4-7-16-8-6-13-19(2,3)18(16)20/h4,7,9-12,16,18,20H,5-6,8,13-14H2,1-3H3/b7-4+/t16-,18+/m1/s1. The second-order valence-electron chi connectivity index (χ2n) is 7.30. The van der Waals surface area contributed by atoms with Crippen molar-refractivity contribution in [1.29, 1.82) is 0 Å². The predicted molar refractivity (Wildman–Crippen MR) is 95.2 cm³/mol. The van der Waals surface area contributed by atoms with Crippen molar-refractivity contribution in [3.8, 4) is 0 Å². The molecule has 1 N–H and O–H groups in total. The van der Waals surface area contributed by atoms with E-state index in [9.17, 15) is 13.5 Å². The Labute approximate surface area is 145 Å². The lowest BCUT2D eigenvalue weighted by atomic mass is 9.69. The maximum atomic E-state index is 12.1. The first-order valence-corrected chi connectivity index (χ1v) is 9.94. The molecule has 134 valence electrons. The molecule has 0 saturated heterocycles. The normalized spacial score (nSPS) is 24.3. The summed E-state index contributed by atoms with van der Waals surface area (Å²) in [6.07, 6.45) is 7.21. The van der Waals surface area contributed by atoms with Gasteiger partial charge in [0, 0.05) is 5.92 Å². The van der Waals surface area contributed by atoms with Crippen LogP contribution in [0.1, 0.15) is 45.1 Å². The monoisotopic (exact) mass is 352 g/mol. The molecular formula is C19H28O4S. The van der Waals surface area contributed by atoms with Crippen molar-refractivity contribution in [3.63, 3.8) is 0 Å². The highest BCUT2D eigenvalue weighted by Crippen LogP contribution is 2.39. The largest absolute Gasteiger partial charge is 0.392 e. The van der Waals surface area contributed by atoms with E-state index in [1.165, 1.54) is 0 Å². The fourth-order valence-corrected chi connectivity index (χ4v) is 4.07. The average molecular weight is 352 g/mol. The summed E-state index contributed by atoms with van der Waals surface area (Å²) in [6, 6.07) is 6.62. The second kappa shape index (κ2) is 7.81. The molecule has 2 rings (SSSR count). The van der Waals surface area contributed by atoms with Crippen LogP contribution in [-0.2, 0) is 14.3 Å². The van der Waals surface area contributed by atoms with Crippen LogP contribution in [0.3, 0.4) is 0 Å². The zero-order valence-corrected chi connectivity index (χ0v) is 15.6. The van der Waals surface area contributed by atoms with Crippen LogP contribution in [0.15, 0.2) is 41.3 Å². The van der Waals surface area contributed by atoms with Gasteiger partial charge in [0.15, 0.2) is 0 Å². The summed E-state index contributed by atoms with van der Waals surface area (Å²) < 4.78 is 29.2. The molecule has 0 unspecified atom stereocenters. The summed E-state index contributed by atoms with van der Waals surface area (Å²) in [4.78, 5) is 0.182. The van der Waals surface area contributed by atoms with Crippen LogP contribution in [0.25, 0.3) is 0 Å². The van der Waals surface area contributed by atoms with Crippen molar-refractivity contribution < 1.29 is 17.7 Å². The molecule has 1 aromatic rings. The Bertz CT molecular complexity index is 659. The van der Waals surface area contributed by atoms with Crippen molar-refractivity contribution >= 4 is 10.1 Å². The van der Waals surface area contributed by atoms with Crippen LogP contribution >= 0.6 is 0 Å². The molecule has 0 aromatic heterocycles. The van der Waals surface area contributed by atoms with Gasteiger partial charge in [0.2, 0.25) is 0 Å². The van der Waals surface area contributed by atoms with E-state index < -0.39 is 10.1 Å². The van der Waals surface area contributed by atoms with Crippen LogP contribution in [0, 0.1) is 18.3 Å². The van der Waals surface area contributed by atoms with Crippen molar-refractivity contribution in [2.75, 3.05) is 6.61 Å². The van der Waals surface area contributed by atoms with Crippen LogP contribution in [0.5, 0.6) is 0 Å². The zero-order valence-electron chi connectivity index (χ0n) is 14.7. The molecule has 1 saturated carbocycles. The third-order valence-corrected chi connectivity index (χ3v) is 6.11. The number of rotatable bonds is 6. The molecule has 0 amide bonds. The topological polar surface area (TPSA) is 63.6 Å². The van der Waals surface area contributed by atoms with E-state index in [-0.39, 0.29) is 28.9 Å². The highest BCUT2D eigenvalue weighted by molar-refractivity contribution is 7.86. The molecule has 1 fully saturated rings. The van der Waals surface area contributed by atoms with E-state index >= 15 is 0 Å². The average Bonchev–Trinajstić information content (AvgIpc) is 2.51. The van der Waals surface area contributed by atoms with Crippen LogP contribution < -0.4 is 0 Å². The summed E-state index contributed by atoms with van der Waals surface area (Å²) in [6.45, 7) is 6.20. The summed E-state index contributed by atoms with van der Waals surface area (Å²) >= 11 is 0. The molecule has 0 radical (unpaired) electrons. The van der Waals surface area contributed by atoms with Crippen LogP contribution in [0.2, 0.25) is 0 Å².